The van der Waals surface area contributed by atoms with Crippen LogP contribution in [0, 0.1) is 0 Å². The molecule has 0 N–H and O–H groups in total. The van der Waals surface area contributed by atoms with Crippen LogP contribution in [0.4, 0.5) is 0 Å². The number of para-hydroxylation sites is 1. The van der Waals surface area contributed by atoms with Crippen molar-refractivity contribution in [3.05, 3.63) is 59.7 Å². The van der Waals surface area contributed by atoms with E-state index in [-0.39, 0.29) is 30.3 Å². The maximum Gasteiger partial charge on any atom is 0.258 e. The number of hydrogen-bond donors (Lipinski definition) is 0. The number of rotatable bonds is 2. The summed E-state index contributed by atoms with van der Waals surface area (Å²) >= 11 is 0. The molecule has 0 saturated carbocycles. The number of likely N-dealkylation sites (tertiary alicyclic amines) is 1. The average molecular weight is 406 g/mol. The van der Waals surface area contributed by atoms with Gasteiger partial charge in [-0.15, -0.1) is 0 Å². The highest BCUT2D eigenvalue weighted by atomic mass is 16.6. The highest BCUT2D eigenvalue weighted by molar-refractivity contribution is 5.99. The topological polar surface area (TPSA) is 68.3 Å². The van der Waals surface area contributed by atoms with E-state index in [2.05, 4.69) is 0 Å². The maximum atomic E-state index is 13.5. The van der Waals surface area contributed by atoms with Crippen LogP contribution in [0.3, 0.4) is 0 Å². The highest BCUT2D eigenvalue weighted by Gasteiger charge is 2.65. The minimum Gasteiger partial charge on any atom is -0.486 e. The zero-order valence-electron chi connectivity index (χ0n) is 16.5. The van der Waals surface area contributed by atoms with Gasteiger partial charge in [-0.2, -0.15) is 0 Å². The molecule has 1 spiro atoms. The van der Waals surface area contributed by atoms with Gasteiger partial charge >= 0.3 is 0 Å². The molecule has 6 rings (SSSR count). The van der Waals surface area contributed by atoms with Crippen molar-refractivity contribution in [3.63, 3.8) is 0 Å². The van der Waals surface area contributed by atoms with Gasteiger partial charge in [-0.05, 0) is 17.7 Å². The van der Waals surface area contributed by atoms with E-state index < -0.39 is 5.72 Å². The number of carbonyl (C=O) groups is 2. The maximum absolute atomic E-state index is 13.5. The normalized spacial score (nSPS) is 29.1. The Balaban J connectivity index is 1.33. The van der Waals surface area contributed by atoms with Crippen molar-refractivity contribution in [2.45, 2.75) is 30.7 Å². The highest BCUT2D eigenvalue weighted by Crippen LogP contribution is 2.52. The summed E-state index contributed by atoms with van der Waals surface area (Å²) in [5.74, 6) is 0.982. The number of ether oxygens (including phenoxy) is 3. The molecule has 7 heteroatoms. The lowest BCUT2D eigenvalue weighted by molar-refractivity contribution is -0.138. The number of carbonyl (C=O) groups excluding carboxylic acids is 2. The molecule has 2 aromatic carbocycles. The molecule has 7 nitrogen and oxygen atoms in total. The minimum absolute atomic E-state index is 0.0403. The summed E-state index contributed by atoms with van der Waals surface area (Å²) in [4.78, 5) is 30.2. The van der Waals surface area contributed by atoms with Gasteiger partial charge in [-0.25, -0.2) is 0 Å². The summed E-state index contributed by atoms with van der Waals surface area (Å²) < 4.78 is 17.7. The fourth-order valence-corrected chi connectivity index (χ4v) is 5.41. The molecule has 0 aromatic heterocycles. The second-order valence-electron chi connectivity index (χ2n) is 8.14. The number of benzene rings is 2. The molecule has 2 aromatic rings. The standard InChI is InChI=1S/C23H22N2O5/c26-20-13-19-23(25(20)17(14-30-23)15-5-2-1-3-6-15)9-10-24(19)22(27)16-7-4-8-18-21(16)29-12-11-28-18/h1-8,17,19H,9-14H2/t17-,19+,23-/m0/s1. The molecule has 30 heavy (non-hydrogen) atoms. The van der Waals surface area contributed by atoms with Crippen molar-refractivity contribution in [1.82, 2.24) is 9.80 Å². The molecule has 0 aliphatic carbocycles. The Hall–Kier alpha value is -3.06. The Morgan fingerprint density at radius 2 is 1.87 bits per heavy atom. The van der Waals surface area contributed by atoms with Gasteiger partial charge in [0.2, 0.25) is 5.91 Å². The van der Waals surface area contributed by atoms with E-state index in [1.54, 1.807) is 17.0 Å². The fraction of sp³-hybridized carbons (Fsp3) is 0.391. The number of nitrogens with zero attached hydrogens (tertiary/aromatic N) is 2. The number of fused-ring (bicyclic) bond motifs is 1. The van der Waals surface area contributed by atoms with Gasteiger partial charge in [0.05, 0.1) is 30.7 Å². The van der Waals surface area contributed by atoms with Gasteiger partial charge in [0.25, 0.3) is 5.91 Å². The third-order valence-corrected chi connectivity index (χ3v) is 6.70. The largest absolute Gasteiger partial charge is 0.486 e. The Morgan fingerprint density at radius 1 is 1.03 bits per heavy atom. The minimum atomic E-state index is -0.737. The molecule has 4 aliphatic heterocycles. The van der Waals surface area contributed by atoms with Crippen LogP contribution in [0.5, 0.6) is 11.5 Å². The summed E-state index contributed by atoms with van der Waals surface area (Å²) in [6.07, 6.45) is 0.895. The van der Waals surface area contributed by atoms with Crippen molar-refractivity contribution in [2.24, 2.45) is 0 Å². The smallest absolute Gasteiger partial charge is 0.258 e. The zero-order chi connectivity index (χ0) is 20.3. The van der Waals surface area contributed by atoms with Crippen LogP contribution in [0.1, 0.15) is 34.8 Å². The molecule has 4 aliphatic rings. The molecule has 3 saturated heterocycles. The molecule has 0 radical (unpaired) electrons. The first-order valence-electron chi connectivity index (χ1n) is 10.4. The van der Waals surface area contributed by atoms with Crippen molar-refractivity contribution in [2.75, 3.05) is 26.4 Å². The summed E-state index contributed by atoms with van der Waals surface area (Å²) in [5.41, 5.74) is 0.808. The number of hydrogen-bond acceptors (Lipinski definition) is 5. The molecular weight excluding hydrogens is 384 g/mol. The van der Waals surface area contributed by atoms with Crippen LogP contribution in [0.15, 0.2) is 48.5 Å². The average Bonchev–Trinajstić information content (AvgIpc) is 3.42. The molecule has 3 atom stereocenters. The van der Waals surface area contributed by atoms with Gasteiger partial charge in [0.1, 0.15) is 13.2 Å². The molecule has 0 unspecified atom stereocenters. The van der Waals surface area contributed by atoms with Crippen LogP contribution in [-0.4, -0.2) is 59.7 Å². The first kappa shape index (κ1) is 17.8. The Labute approximate surface area is 174 Å². The predicted molar refractivity (Wildman–Crippen MR) is 106 cm³/mol. The lowest BCUT2D eigenvalue weighted by atomic mass is 10.0. The van der Waals surface area contributed by atoms with E-state index >= 15 is 0 Å². The van der Waals surface area contributed by atoms with Crippen molar-refractivity contribution >= 4 is 11.8 Å². The van der Waals surface area contributed by atoms with Crippen LogP contribution in [0.25, 0.3) is 0 Å². The van der Waals surface area contributed by atoms with E-state index in [9.17, 15) is 9.59 Å². The summed E-state index contributed by atoms with van der Waals surface area (Å²) in [5, 5.41) is 0. The molecular formula is C23H22N2O5. The third kappa shape index (κ3) is 2.35. The second-order valence-corrected chi connectivity index (χ2v) is 8.14. The molecule has 154 valence electrons. The van der Waals surface area contributed by atoms with Crippen LogP contribution in [-0.2, 0) is 9.53 Å². The van der Waals surface area contributed by atoms with E-state index in [1.165, 1.54) is 0 Å². The van der Waals surface area contributed by atoms with E-state index in [4.69, 9.17) is 14.2 Å². The van der Waals surface area contributed by atoms with Gasteiger partial charge in [0, 0.05) is 13.0 Å². The van der Waals surface area contributed by atoms with Gasteiger partial charge in [0.15, 0.2) is 17.2 Å². The van der Waals surface area contributed by atoms with Crippen LogP contribution < -0.4 is 9.47 Å². The lowest BCUT2D eigenvalue weighted by Gasteiger charge is -2.33. The first-order valence-corrected chi connectivity index (χ1v) is 10.4. The summed E-state index contributed by atoms with van der Waals surface area (Å²) in [7, 11) is 0. The van der Waals surface area contributed by atoms with E-state index in [1.807, 2.05) is 41.3 Å². The Morgan fingerprint density at radius 3 is 2.73 bits per heavy atom. The molecule has 2 amide bonds. The summed E-state index contributed by atoms with van der Waals surface area (Å²) in [6.45, 7) is 1.88. The number of amides is 2. The van der Waals surface area contributed by atoms with Crippen molar-refractivity contribution < 1.29 is 23.8 Å². The van der Waals surface area contributed by atoms with Gasteiger partial charge in [-0.1, -0.05) is 36.4 Å². The Bertz CT molecular complexity index is 1030. The van der Waals surface area contributed by atoms with E-state index in [0.29, 0.717) is 49.8 Å². The summed E-state index contributed by atoms with van der Waals surface area (Å²) in [6, 6.07) is 14.9. The monoisotopic (exact) mass is 406 g/mol. The van der Waals surface area contributed by atoms with Crippen LogP contribution in [0.2, 0.25) is 0 Å². The lowest BCUT2D eigenvalue weighted by Crippen LogP contribution is -2.49. The zero-order valence-corrected chi connectivity index (χ0v) is 16.5. The molecule has 4 heterocycles. The first-order chi connectivity index (χ1) is 14.7. The van der Waals surface area contributed by atoms with Crippen LogP contribution >= 0.6 is 0 Å². The van der Waals surface area contributed by atoms with Crippen molar-refractivity contribution in [1.29, 1.82) is 0 Å². The van der Waals surface area contributed by atoms with Crippen molar-refractivity contribution in [3.8, 4) is 11.5 Å². The quantitative estimate of drug-likeness (QED) is 0.766. The third-order valence-electron chi connectivity index (χ3n) is 6.70. The van der Waals surface area contributed by atoms with E-state index in [0.717, 1.165) is 5.56 Å². The Kier molecular flexibility index (Phi) is 3.83. The molecule has 0 bridgehead atoms. The fourth-order valence-electron chi connectivity index (χ4n) is 5.41. The SMILES string of the molecule is O=C(c1cccc2c1OCCO2)N1CC[C@@]23OC[C@@H](c4ccccc4)N2C(=O)C[C@@H]13. The van der Waals surface area contributed by atoms with Gasteiger partial charge in [-0.3, -0.25) is 9.59 Å². The predicted octanol–water partition coefficient (Wildman–Crippen LogP) is 2.37. The molecule has 3 fully saturated rings. The van der Waals surface area contributed by atoms with Gasteiger partial charge < -0.3 is 24.0 Å². The second kappa shape index (κ2) is 6.47.